The first-order valence-electron chi connectivity index (χ1n) is 7.23. The second-order valence-corrected chi connectivity index (χ2v) is 6.01. The van der Waals surface area contributed by atoms with Gasteiger partial charge in [-0.3, -0.25) is 4.79 Å². The van der Waals surface area contributed by atoms with Crippen molar-refractivity contribution >= 4 is 33.7 Å². The molecule has 2 aromatic rings. The number of nitrogens with one attached hydrogen (secondary N) is 1. The number of benzene rings is 1. The molecule has 0 bridgehead atoms. The van der Waals surface area contributed by atoms with Gasteiger partial charge in [0.1, 0.15) is 22.7 Å². The van der Waals surface area contributed by atoms with Gasteiger partial charge >= 0.3 is 11.9 Å². The zero-order valence-corrected chi connectivity index (χ0v) is 14.7. The lowest BCUT2D eigenvalue weighted by molar-refractivity contribution is 0.0695. The normalized spacial score (nSPS) is 10.5. The molecule has 0 saturated carbocycles. The van der Waals surface area contributed by atoms with Crippen LogP contribution in [-0.2, 0) is 0 Å². The highest BCUT2D eigenvalue weighted by atomic mass is 79.9. The van der Waals surface area contributed by atoms with Crippen LogP contribution in [0.5, 0.6) is 5.75 Å². The summed E-state index contributed by atoms with van der Waals surface area (Å²) in [7, 11) is 0. The Balaban J connectivity index is 2.95. The van der Waals surface area contributed by atoms with Gasteiger partial charge in [-0.2, -0.15) is 0 Å². The fourth-order valence-electron chi connectivity index (χ4n) is 2.35. The van der Waals surface area contributed by atoms with Crippen LogP contribution in [0.15, 0.2) is 27.5 Å². The maximum Gasteiger partial charge on any atom is 0.342 e. The van der Waals surface area contributed by atoms with Gasteiger partial charge in [-0.25, -0.2) is 9.59 Å². The highest BCUT2D eigenvalue weighted by molar-refractivity contribution is 9.10. The largest absolute Gasteiger partial charge is 0.493 e. The summed E-state index contributed by atoms with van der Waals surface area (Å²) >= 11 is 3.25. The molecule has 9 heteroatoms. The Morgan fingerprint density at radius 2 is 1.88 bits per heavy atom. The molecule has 0 aliphatic heterocycles. The molecular weight excluding hydrogens is 396 g/mol. The molecule has 8 nitrogen and oxygen atoms in total. The Hall–Kier alpha value is -2.81. The van der Waals surface area contributed by atoms with Crippen molar-refractivity contribution in [3.8, 4) is 16.9 Å². The summed E-state index contributed by atoms with van der Waals surface area (Å²) in [4.78, 5) is 37.4. The Bertz CT molecular complexity index is 906. The van der Waals surface area contributed by atoms with Gasteiger partial charge in [0.15, 0.2) is 0 Å². The van der Waals surface area contributed by atoms with Gasteiger partial charge in [0.25, 0.3) is 5.56 Å². The van der Waals surface area contributed by atoms with Crippen molar-refractivity contribution in [2.75, 3.05) is 12.3 Å². The number of hydrogen-bond donors (Lipinski definition) is 4. The average Bonchev–Trinajstić information content (AvgIpc) is 2.51. The predicted molar refractivity (Wildman–Crippen MR) is 94.3 cm³/mol. The molecule has 1 aromatic carbocycles. The van der Waals surface area contributed by atoms with Crippen molar-refractivity contribution in [3.05, 3.63) is 44.2 Å². The summed E-state index contributed by atoms with van der Waals surface area (Å²) < 4.78 is 6.14. The van der Waals surface area contributed by atoms with E-state index in [0.29, 0.717) is 17.5 Å². The van der Waals surface area contributed by atoms with Crippen molar-refractivity contribution < 1.29 is 24.5 Å². The van der Waals surface area contributed by atoms with Crippen LogP contribution in [-0.4, -0.2) is 33.7 Å². The third kappa shape index (κ3) is 3.66. The molecule has 0 aliphatic rings. The average molecular weight is 411 g/mol. The van der Waals surface area contributed by atoms with E-state index in [-0.39, 0.29) is 16.9 Å². The van der Waals surface area contributed by atoms with Gasteiger partial charge in [-0.1, -0.05) is 22.9 Å². The Morgan fingerprint density at radius 1 is 1.24 bits per heavy atom. The summed E-state index contributed by atoms with van der Waals surface area (Å²) in [5.41, 5.74) is 3.27. The molecule has 0 radical (unpaired) electrons. The zero-order valence-electron chi connectivity index (χ0n) is 13.1. The van der Waals surface area contributed by atoms with E-state index in [2.05, 4.69) is 20.9 Å². The van der Waals surface area contributed by atoms with E-state index < -0.39 is 34.4 Å². The maximum atomic E-state index is 12.1. The second kappa shape index (κ2) is 7.39. The lowest BCUT2D eigenvalue weighted by atomic mass is 9.94. The number of aromatic nitrogens is 1. The van der Waals surface area contributed by atoms with Crippen LogP contribution in [0.25, 0.3) is 11.1 Å². The molecule has 0 saturated heterocycles. The standard InChI is InChI=1S/C16H15BrN2O6/c1-2-5-25-9-4-3-7(17)6-8(9)10-11(15(21)22)13(18)19-14(20)12(10)16(23)24/h3-4,6H,2,5H2,1H3,(H,21,22)(H,23,24)(H3,18,19,20). The third-order valence-corrected chi connectivity index (χ3v) is 3.84. The summed E-state index contributed by atoms with van der Waals surface area (Å²) in [6.07, 6.45) is 0.685. The van der Waals surface area contributed by atoms with Gasteiger partial charge in [-0.15, -0.1) is 0 Å². The summed E-state index contributed by atoms with van der Waals surface area (Å²) in [5, 5.41) is 18.9. The van der Waals surface area contributed by atoms with Gasteiger partial charge in [0.05, 0.1) is 6.61 Å². The first kappa shape index (κ1) is 18.5. The lowest BCUT2D eigenvalue weighted by Gasteiger charge is -2.16. The number of hydrogen-bond acceptors (Lipinski definition) is 5. The van der Waals surface area contributed by atoms with E-state index in [0.717, 1.165) is 0 Å². The van der Waals surface area contributed by atoms with Crippen LogP contribution in [0.4, 0.5) is 5.82 Å². The fourth-order valence-corrected chi connectivity index (χ4v) is 2.71. The van der Waals surface area contributed by atoms with Gasteiger partial charge in [-0.05, 0) is 24.6 Å². The van der Waals surface area contributed by atoms with Crippen LogP contribution >= 0.6 is 15.9 Å². The highest BCUT2D eigenvalue weighted by Crippen LogP contribution is 2.37. The molecule has 0 spiro atoms. The number of aromatic carboxylic acids is 2. The number of carboxylic acids is 2. The highest BCUT2D eigenvalue weighted by Gasteiger charge is 2.28. The number of carboxylic acid groups (broad SMARTS) is 2. The minimum atomic E-state index is -1.57. The monoisotopic (exact) mass is 410 g/mol. The van der Waals surface area contributed by atoms with Crippen LogP contribution in [0.2, 0.25) is 0 Å². The topological polar surface area (TPSA) is 143 Å². The number of nitrogens with two attached hydrogens (primary N) is 1. The number of halogens is 1. The number of pyridine rings is 1. The number of rotatable bonds is 6. The van der Waals surface area contributed by atoms with Crippen LogP contribution in [0.1, 0.15) is 34.1 Å². The second-order valence-electron chi connectivity index (χ2n) is 5.09. The lowest BCUT2D eigenvalue weighted by Crippen LogP contribution is -2.24. The number of ether oxygens (including phenoxy) is 1. The smallest absolute Gasteiger partial charge is 0.342 e. The van der Waals surface area contributed by atoms with Crippen LogP contribution in [0.3, 0.4) is 0 Å². The zero-order chi connectivity index (χ0) is 18.7. The number of aromatic amines is 1. The minimum Gasteiger partial charge on any atom is -0.493 e. The first-order chi connectivity index (χ1) is 11.8. The van der Waals surface area contributed by atoms with Gasteiger partial charge in [0, 0.05) is 15.6 Å². The van der Waals surface area contributed by atoms with Gasteiger partial charge < -0.3 is 25.7 Å². The van der Waals surface area contributed by atoms with E-state index in [1.54, 1.807) is 12.1 Å². The van der Waals surface area contributed by atoms with E-state index in [4.69, 9.17) is 10.5 Å². The Labute approximate surface area is 150 Å². The summed E-state index contributed by atoms with van der Waals surface area (Å²) in [6.45, 7) is 2.22. The minimum absolute atomic E-state index is 0.149. The number of nitrogen functional groups attached to an aromatic ring is 1. The third-order valence-electron chi connectivity index (χ3n) is 3.34. The number of carbonyl (C=O) groups is 2. The molecule has 1 heterocycles. The first-order valence-corrected chi connectivity index (χ1v) is 8.02. The molecule has 0 fully saturated rings. The van der Waals surface area contributed by atoms with E-state index in [1.807, 2.05) is 6.92 Å². The van der Waals surface area contributed by atoms with Crippen molar-refractivity contribution in [1.29, 1.82) is 0 Å². The molecule has 2 rings (SSSR count). The molecule has 132 valence electrons. The predicted octanol–water partition coefficient (Wildman–Crippen LogP) is 2.57. The van der Waals surface area contributed by atoms with Crippen molar-refractivity contribution in [1.82, 2.24) is 4.98 Å². The van der Waals surface area contributed by atoms with E-state index >= 15 is 0 Å². The van der Waals surface area contributed by atoms with Crippen molar-refractivity contribution in [3.63, 3.8) is 0 Å². The van der Waals surface area contributed by atoms with E-state index in [1.165, 1.54) is 6.07 Å². The van der Waals surface area contributed by atoms with Gasteiger partial charge in [0.2, 0.25) is 0 Å². The number of H-pyrrole nitrogens is 1. The molecule has 0 atom stereocenters. The molecule has 0 unspecified atom stereocenters. The van der Waals surface area contributed by atoms with Crippen molar-refractivity contribution in [2.24, 2.45) is 0 Å². The molecule has 5 N–H and O–H groups in total. The molecule has 25 heavy (non-hydrogen) atoms. The van der Waals surface area contributed by atoms with Crippen LogP contribution < -0.4 is 16.0 Å². The Morgan fingerprint density at radius 3 is 2.44 bits per heavy atom. The van der Waals surface area contributed by atoms with Crippen molar-refractivity contribution in [2.45, 2.75) is 13.3 Å². The molecule has 1 aromatic heterocycles. The maximum absolute atomic E-state index is 12.1. The summed E-state index contributed by atoms with van der Waals surface area (Å²) in [6, 6.07) is 4.70. The number of anilines is 1. The molecule has 0 amide bonds. The van der Waals surface area contributed by atoms with E-state index in [9.17, 15) is 24.6 Å². The molecule has 0 aliphatic carbocycles. The SMILES string of the molecule is CCCOc1ccc(Br)cc1-c1c(C(=O)O)c(N)[nH]c(=O)c1C(=O)O. The quantitative estimate of drug-likeness (QED) is 0.572. The molecular formula is C16H15BrN2O6. The summed E-state index contributed by atoms with van der Waals surface area (Å²) in [5.74, 6) is -3.22. The van der Waals surface area contributed by atoms with Crippen LogP contribution in [0, 0.1) is 0 Å². The fraction of sp³-hybridized carbons (Fsp3) is 0.188. The Kier molecular flexibility index (Phi) is 5.48.